The van der Waals surface area contributed by atoms with Crippen molar-refractivity contribution < 1.29 is 14.0 Å². The Balaban J connectivity index is 1.59. The summed E-state index contributed by atoms with van der Waals surface area (Å²) < 4.78 is 13.9. The molecule has 0 saturated carbocycles. The van der Waals surface area contributed by atoms with Crippen LogP contribution in [0.25, 0.3) is 0 Å². The topological polar surface area (TPSA) is 74.3 Å². The minimum absolute atomic E-state index is 0.0802. The molecule has 2 heterocycles. The van der Waals surface area contributed by atoms with Crippen LogP contribution in [0.3, 0.4) is 0 Å². The number of carbonyl (C=O) groups excluding carboxylic acids is 2. The molecular weight excluding hydrogens is 403 g/mol. The lowest BCUT2D eigenvalue weighted by molar-refractivity contribution is -0.118. The van der Waals surface area contributed by atoms with E-state index in [1.807, 2.05) is 19.2 Å². The normalized spacial score (nSPS) is 16.4. The second-order valence-corrected chi connectivity index (χ2v) is 9.13. The number of piperidine rings is 1. The molecule has 1 aliphatic heterocycles. The summed E-state index contributed by atoms with van der Waals surface area (Å²) in [5.41, 5.74) is 0.852. The van der Waals surface area contributed by atoms with Crippen molar-refractivity contribution in [3.63, 3.8) is 0 Å². The SMILES string of the molecule is CC1CCN(Cc2csc(NC(=O)[C@@H](NC(=O)c3ccccc3F)C(C)C)n2)CC1. The lowest BCUT2D eigenvalue weighted by Crippen LogP contribution is -2.47. The zero-order chi connectivity index (χ0) is 21.7. The standard InChI is InChI=1S/C22H29FN4O2S/c1-14(2)19(25-20(28)17-6-4-5-7-18(17)23)21(29)26-22-24-16(13-30-22)12-27-10-8-15(3)9-11-27/h4-7,13-15,19H,8-12H2,1-3H3,(H,25,28)(H,24,26,29)/t19-/m0/s1. The largest absolute Gasteiger partial charge is 0.340 e. The molecule has 1 aliphatic rings. The summed E-state index contributed by atoms with van der Waals surface area (Å²) in [6.45, 7) is 8.85. The highest BCUT2D eigenvalue weighted by molar-refractivity contribution is 7.13. The first-order chi connectivity index (χ1) is 14.3. The molecular formula is C22H29FN4O2S. The van der Waals surface area contributed by atoms with Crippen LogP contribution in [-0.4, -0.2) is 40.8 Å². The molecule has 0 radical (unpaired) electrons. The number of thiazole rings is 1. The van der Waals surface area contributed by atoms with Crippen molar-refractivity contribution in [3.8, 4) is 0 Å². The van der Waals surface area contributed by atoms with Gasteiger partial charge < -0.3 is 10.6 Å². The molecule has 2 N–H and O–H groups in total. The Morgan fingerprint density at radius 3 is 2.63 bits per heavy atom. The van der Waals surface area contributed by atoms with Crippen molar-refractivity contribution >= 4 is 28.3 Å². The van der Waals surface area contributed by atoms with Crippen molar-refractivity contribution in [1.29, 1.82) is 0 Å². The van der Waals surface area contributed by atoms with Gasteiger partial charge >= 0.3 is 0 Å². The second-order valence-electron chi connectivity index (χ2n) is 8.27. The maximum Gasteiger partial charge on any atom is 0.254 e. The van der Waals surface area contributed by atoms with Gasteiger partial charge in [-0.3, -0.25) is 14.5 Å². The van der Waals surface area contributed by atoms with Crippen molar-refractivity contribution in [2.45, 2.75) is 46.2 Å². The van der Waals surface area contributed by atoms with E-state index in [1.165, 1.54) is 42.4 Å². The first-order valence-corrected chi connectivity index (χ1v) is 11.2. The molecule has 8 heteroatoms. The van der Waals surface area contributed by atoms with Gasteiger partial charge in [0.05, 0.1) is 11.3 Å². The lowest BCUT2D eigenvalue weighted by atomic mass is 9.99. The van der Waals surface area contributed by atoms with Gasteiger partial charge in [-0.1, -0.05) is 32.9 Å². The molecule has 0 unspecified atom stereocenters. The Bertz CT molecular complexity index is 878. The molecule has 0 aliphatic carbocycles. The van der Waals surface area contributed by atoms with Gasteiger partial charge in [-0.15, -0.1) is 11.3 Å². The van der Waals surface area contributed by atoms with E-state index < -0.39 is 17.8 Å². The van der Waals surface area contributed by atoms with Crippen LogP contribution < -0.4 is 10.6 Å². The van der Waals surface area contributed by atoms with E-state index in [0.29, 0.717) is 5.13 Å². The number of hydrogen-bond acceptors (Lipinski definition) is 5. The van der Waals surface area contributed by atoms with Gasteiger partial charge in [-0.2, -0.15) is 0 Å². The van der Waals surface area contributed by atoms with Crippen LogP contribution in [0.15, 0.2) is 29.6 Å². The van der Waals surface area contributed by atoms with E-state index in [-0.39, 0.29) is 17.4 Å². The molecule has 6 nitrogen and oxygen atoms in total. The van der Waals surface area contributed by atoms with Gasteiger partial charge in [0.15, 0.2) is 5.13 Å². The molecule has 30 heavy (non-hydrogen) atoms. The van der Waals surface area contributed by atoms with E-state index in [1.54, 1.807) is 6.07 Å². The quantitative estimate of drug-likeness (QED) is 0.696. The van der Waals surface area contributed by atoms with Gasteiger partial charge in [0.2, 0.25) is 5.91 Å². The number of anilines is 1. The minimum atomic E-state index is -0.798. The van der Waals surface area contributed by atoms with Gasteiger partial charge in [0.1, 0.15) is 11.9 Å². The maximum atomic E-state index is 13.9. The summed E-state index contributed by atoms with van der Waals surface area (Å²) >= 11 is 1.37. The summed E-state index contributed by atoms with van der Waals surface area (Å²) in [6.07, 6.45) is 2.40. The van der Waals surface area contributed by atoms with Gasteiger partial charge in [-0.25, -0.2) is 9.37 Å². The number of nitrogens with one attached hydrogen (secondary N) is 2. The number of nitrogens with zero attached hydrogens (tertiary/aromatic N) is 2. The number of hydrogen-bond donors (Lipinski definition) is 2. The first-order valence-electron chi connectivity index (χ1n) is 10.4. The van der Waals surface area contributed by atoms with Crippen LogP contribution in [0, 0.1) is 17.7 Å². The van der Waals surface area contributed by atoms with Crippen LogP contribution >= 0.6 is 11.3 Å². The summed E-state index contributed by atoms with van der Waals surface area (Å²) in [5.74, 6) is -0.979. The van der Waals surface area contributed by atoms with Crippen molar-refractivity contribution in [2.24, 2.45) is 11.8 Å². The Labute approximate surface area is 180 Å². The molecule has 1 atom stereocenters. The molecule has 3 rings (SSSR count). The fourth-order valence-corrected chi connectivity index (χ4v) is 4.17. The van der Waals surface area contributed by atoms with Crippen LogP contribution in [0.5, 0.6) is 0 Å². The number of aromatic nitrogens is 1. The monoisotopic (exact) mass is 432 g/mol. The maximum absolute atomic E-state index is 13.9. The summed E-state index contributed by atoms with van der Waals surface area (Å²) in [4.78, 5) is 32.1. The molecule has 1 fully saturated rings. The van der Waals surface area contributed by atoms with Crippen LogP contribution in [0.1, 0.15) is 49.7 Å². The van der Waals surface area contributed by atoms with Gasteiger partial charge in [-0.05, 0) is 49.9 Å². The molecule has 0 bridgehead atoms. The lowest BCUT2D eigenvalue weighted by Gasteiger charge is -2.29. The predicted octanol–water partition coefficient (Wildman–Crippen LogP) is 3.91. The Morgan fingerprint density at radius 1 is 1.27 bits per heavy atom. The number of rotatable bonds is 7. The Kier molecular flexibility index (Phi) is 7.55. The Hall–Kier alpha value is -2.32. The third-order valence-electron chi connectivity index (χ3n) is 5.40. The first kappa shape index (κ1) is 22.4. The molecule has 162 valence electrons. The molecule has 1 aromatic carbocycles. The number of carbonyl (C=O) groups is 2. The highest BCUT2D eigenvalue weighted by atomic mass is 32.1. The zero-order valence-electron chi connectivity index (χ0n) is 17.7. The smallest absolute Gasteiger partial charge is 0.254 e. The predicted molar refractivity (Wildman–Crippen MR) is 117 cm³/mol. The van der Waals surface area contributed by atoms with E-state index >= 15 is 0 Å². The van der Waals surface area contributed by atoms with Crippen molar-refractivity contribution in [2.75, 3.05) is 18.4 Å². The van der Waals surface area contributed by atoms with Crippen molar-refractivity contribution in [1.82, 2.24) is 15.2 Å². The fourth-order valence-electron chi connectivity index (χ4n) is 3.47. The Morgan fingerprint density at radius 2 is 1.97 bits per heavy atom. The molecule has 0 spiro atoms. The van der Waals surface area contributed by atoms with Crippen LogP contribution in [0.2, 0.25) is 0 Å². The third-order valence-corrected chi connectivity index (χ3v) is 6.20. The fraction of sp³-hybridized carbons (Fsp3) is 0.500. The second kappa shape index (κ2) is 10.1. The average molecular weight is 433 g/mol. The molecule has 2 aromatic rings. The highest BCUT2D eigenvalue weighted by Crippen LogP contribution is 2.21. The zero-order valence-corrected chi connectivity index (χ0v) is 18.5. The number of amides is 2. The van der Waals surface area contributed by atoms with Gasteiger partial charge in [0.25, 0.3) is 5.91 Å². The number of likely N-dealkylation sites (tertiary alicyclic amines) is 1. The highest BCUT2D eigenvalue weighted by Gasteiger charge is 2.26. The van der Waals surface area contributed by atoms with E-state index in [4.69, 9.17) is 0 Å². The van der Waals surface area contributed by atoms with E-state index in [9.17, 15) is 14.0 Å². The number of halogens is 1. The molecule has 2 amide bonds. The molecule has 1 aromatic heterocycles. The van der Waals surface area contributed by atoms with Crippen LogP contribution in [-0.2, 0) is 11.3 Å². The summed E-state index contributed by atoms with van der Waals surface area (Å²) in [5, 5.41) is 7.91. The van der Waals surface area contributed by atoms with Gasteiger partial charge in [0, 0.05) is 11.9 Å². The van der Waals surface area contributed by atoms with Crippen LogP contribution in [0.4, 0.5) is 9.52 Å². The summed E-state index contributed by atoms with van der Waals surface area (Å²) in [6, 6.07) is 4.92. The minimum Gasteiger partial charge on any atom is -0.340 e. The summed E-state index contributed by atoms with van der Waals surface area (Å²) in [7, 11) is 0. The van der Waals surface area contributed by atoms with Crippen molar-refractivity contribution in [3.05, 3.63) is 46.7 Å². The third kappa shape index (κ3) is 5.86. The van der Waals surface area contributed by atoms with E-state index in [2.05, 4.69) is 27.4 Å². The number of benzene rings is 1. The molecule has 1 saturated heterocycles. The van der Waals surface area contributed by atoms with E-state index in [0.717, 1.165) is 31.2 Å². The average Bonchev–Trinajstić information content (AvgIpc) is 3.14.